The average Bonchev–Trinajstić information content (AvgIpc) is 2.73. The Morgan fingerprint density at radius 2 is 2.06 bits per heavy atom. The van der Waals surface area contributed by atoms with Gasteiger partial charge in [0.1, 0.15) is 5.82 Å². The lowest BCUT2D eigenvalue weighted by Gasteiger charge is -2.42. The molecule has 2 atom stereocenters. The van der Waals surface area contributed by atoms with Gasteiger partial charge in [-0.15, -0.1) is 0 Å². The number of hydrogen-bond donors (Lipinski definition) is 1. The lowest BCUT2D eigenvalue weighted by atomic mass is 9.67. The Morgan fingerprint density at radius 1 is 1.28 bits per heavy atom. The fraction of sp³-hybridized carbons (Fsp3) is 0.600. The molecule has 2 heterocycles. The maximum atomic E-state index is 13.1. The van der Waals surface area contributed by atoms with Crippen LogP contribution in [-0.4, -0.2) is 38.1 Å². The third kappa shape index (κ3) is 2.06. The minimum atomic E-state index is -0.139. The molecule has 1 aromatic carbocycles. The van der Waals surface area contributed by atoms with Crippen LogP contribution >= 0.6 is 0 Å². The van der Waals surface area contributed by atoms with Crippen LogP contribution in [0.5, 0.6) is 0 Å². The lowest BCUT2D eigenvalue weighted by molar-refractivity contribution is 0.170. The summed E-state index contributed by atoms with van der Waals surface area (Å²) in [6, 6.07) is 7.12. The normalized spacial score (nSPS) is 33.1. The van der Waals surface area contributed by atoms with Crippen molar-refractivity contribution >= 4 is 0 Å². The summed E-state index contributed by atoms with van der Waals surface area (Å²) in [5.74, 6) is 0.386. The third-order valence-electron chi connectivity index (χ3n) is 4.74. The van der Waals surface area contributed by atoms with Gasteiger partial charge < -0.3 is 10.2 Å². The van der Waals surface area contributed by atoms with Crippen molar-refractivity contribution < 1.29 is 4.39 Å². The van der Waals surface area contributed by atoms with E-state index in [0.717, 1.165) is 13.1 Å². The summed E-state index contributed by atoms with van der Waals surface area (Å²) in [5, 5.41) is 3.50. The highest BCUT2D eigenvalue weighted by molar-refractivity contribution is 5.25. The fourth-order valence-corrected chi connectivity index (χ4v) is 3.74. The van der Waals surface area contributed by atoms with E-state index in [1.807, 2.05) is 12.1 Å². The van der Waals surface area contributed by atoms with Gasteiger partial charge in [-0.25, -0.2) is 4.39 Å². The average molecular weight is 248 g/mol. The van der Waals surface area contributed by atoms with E-state index < -0.39 is 0 Å². The maximum absolute atomic E-state index is 13.1. The van der Waals surface area contributed by atoms with Crippen LogP contribution in [0.1, 0.15) is 24.3 Å². The second-order valence-corrected chi connectivity index (χ2v) is 5.91. The molecule has 0 bridgehead atoms. The van der Waals surface area contributed by atoms with Crippen molar-refractivity contribution in [3.8, 4) is 0 Å². The SMILES string of the molecule is CN1CCC2(CCNCC2c2ccc(F)cc2)C1. The molecule has 18 heavy (non-hydrogen) atoms. The Kier molecular flexibility index (Phi) is 3.12. The highest BCUT2D eigenvalue weighted by atomic mass is 19.1. The molecule has 0 aliphatic carbocycles. The van der Waals surface area contributed by atoms with Crippen molar-refractivity contribution in [2.75, 3.05) is 33.2 Å². The number of piperidine rings is 1. The van der Waals surface area contributed by atoms with E-state index in [4.69, 9.17) is 0 Å². The van der Waals surface area contributed by atoms with Crippen LogP contribution in [0.15, 0.2) is 24.3 Å². The van der Waals surface area contributed by atoms with Crippen LogP contribution in [0.4, 0.5) is 4.39 Å². The number of likely N-dealkylation sites (tertiary alicyclic amines) is 1. The molecule has 0 amide bonds. The summed E-state index contributed by atoms with van der Waals surface area (Å²) in [5.41, 5.74) is 1.69. The van der Waals surface area contributed by atoms with E-state index in [2.05, 4.69) is 17.3 Å². The van der Waals surface area contributed by atoms with Gasteiger partial charge in [0.25, 0.3) is 0 Å². The summed E-state index contributed by atoms with van der Waals surface area (Å²) in [6.45, 7) is 4.51. The van der Waals surface area contributed by atoms with Gasteiger partial charge in [0.05, 0.1) is 0 Å². The fourth-order valence-electron chi connectivity index (χ4n) is 3.74. The first-order valence-corrected chi connectivity index (χ1v) is 6.84. The van der Waals surface area contributed by atoms with Gasteiger partial charge >= 0.3 is 0 Å². The quantitative estimate of drug-likeness (QED) is 0.820. The van der Waals surface area contributed by atoms with Gasteiger partial charge in [-0.1, -0.05) is 12.1 Å². The molecule has 1 aromatic rings. The maximum Gasteiger partial charge on any atom is 0.123 e. The third-order valence-corrected chi connectivity index (χ3v) is 4.74. The first-order chi connectivity index (χ1) is 8.70. The summed E-state index contributed by atoms with van der Waals surface area (Å²) in [4.78, 5) is 2.43. The minimum Gasteiger partial charge on any atom is -0.316 e. The standard InChI is InChI=1S/C15H21FN2/c1-18-9-7-15(11-18)6-8-17-10-14(15)12-2-4-13(16)5-3-12/h2-5,14,17H,6-11H2,1H3. The molecule has 3 heteroatoms. The zero-order chi connectivity index (χ0) is 12.6. The molecule has 98 valence electrons. The van der Waals surface area contributed by atoms with Gasteiger partial charge in [-0.05, 0) is 56.1 Å². The van der Waals surface area contributed by atoms with Crippen molar-refractivity contribution in [1.29, 1.82) is 0 Å². The summed E-state index contributed by atoms with van der Waals surface area (Å²) in [6.07, 6.45) is 2.51. The molecule has 2 unspecified atom stereocenters. The topological polar surface area (TPSA) is 15.3 Å². The summed E-state index contributed by atoms with van der Waals surface area (Å²) >= 11 is 0. The van der Waals surface area contributed by atoms with Crippen LogP contribution in [0, 0.1) is 11.2 Å². The highest BCUT2D eigenvalue weighted by Crippen LogP contribution is 2.47. The first kappa shape index (κ1) is 12.1. The van der Waals surface area contributed by atoms with E-state index >= 15 is 0 Å². The van der Waals surface area contributed by atoms with Crippen LogP contribution < -0.4 is 5.32 Å². The molecule has 0 saturated carbocycles. The Balaban J connectivity index is 1.90. The number of hydrogen-bond acceptors (Lipinski definition) is 2. The molecule has 1 spiro atoms. The molecule has 2 nitrogen and oxygen atoms in total. The van der Waals surface area contributed by atoms with Crippen molar-refractivity contribution in [3.63, 3.8) is 0 Å². The van der Waals surface area contributed by atoms with Gasteiger partial charge in [0, 0.05) is 19.0 Å². The summed E-state index contributed by atoms with van der Waals surface area (Å²) < 4.78 is 13.1. The number of nitrogens with one attached hydrogen (secondary N) is 1. The molecule has 2 saturated heterocycles. The van der Waals surface area contributed by atoms with Crippen LogP contribution in [0.3, 0.4) is 0 Å². The van der Waals surface area contributed by atoms with Gasteiger partial charge in [0.15, 0.2) is 0 Å². The Bertz CT molecular complexity index is 413. The number of benzene rings is 1. The predicted molar refractivity (Wildman–Crippen MR) is 71.2 cm³/mol. The molecule has 0 radical (unpaired) electrons. The number of nitrogens with zero attached hydrogens (tertiary/aromatic N) is 1. The van der Waals surface area contributed by atoms with Crippen molar-refractivity contribution in [2.45, 2.75) is 18.8 Å². The Morgan fingerprint density at radius 3 is 2.72 bits per heavy atom. The van der Waals surface area contributed by atoms with Crippen LogP contribution in [0.2, 0.25) is 0 Å². The van der Waals surface area contributed by atoms with E-state index in [0.29, 0.717) is 11.3 Å². The monoisotopic (exact) mass is 248 g/mol. The van der Waals surface area contributed by atoms with Crippen LogP contribution in [-0.2, 0) is 0 Å². The van der Waals surface area contributed by atoms with Crippen molar-refractivity contribution in [3.05, 3.63) is 35.6 Å². The molecule has 1 N–H and O–H groups in total. The van der Waals surface area contributed by atoms with Crippen molar-refractivity contribution in [2.24, 2.45) is 5.41 Å². The van der Waals surface area contributed by atoms with Gasteiger partial charge in [-0.2, -0.15) is 0 Å². The predicted octanol–water partition coefficient (Wildman–Crippen LogP) is 2.22. The molecule has 2 fully saturated rings. The van der Waals surface area contributed by atoms with E-state index in [1.54, 1.807) is 12.1 Å². The zero-order valence-corrected chi connectivity index (χ0v) is 11.0. The van der Waals surface area contributed by atoms with Gasteiger partial charge in [0.2, 0.25) is 0 Å². The second-order valence-electron chi connectivity index (χ2n) is 5.91. The van der Waals surface area contributed by atoms with Crippen molar-refractivity contribution in [1.82, 2.24) is 10.2 Å². The number of rotatable bonds is 1. The Hall–Kier alpha value is -0.930. The Labute approximate surface area is 108 Å². The molecule has 2 aliphatic heterocycles. The van der Waals surface area contributed by atoms with E-state index in [1.165, 1.54) is 31.5 Å². The molecule has 2 aliphatic rings. The second kappa shape index (κ2) is 4.63. The van der Waals surface area contributed by atoms with E-state index in [9.17, 15) is 4.39 Å². The number of halogens is 1. The zero-order valence-electron chi connectivity index (χ0n) is 11.0. The minimum absolute atomic E-state index is 0.139. The lowest BCUT2D eigenvalue weighted by Crippen LogP contribution is -2.45. The van der Waals surface area contributed by atoms with Gasteiger partial charge in [-0.3, -0.25) is 0 Å². The summed E-state index contributed by atoms with van der Waals surface area (Å²) in [7, 11) is 2.21. The van der Waals surface area contributed by atoms with E-state index in [-0.39, 0.29) is 5.82 Å². The smallest absolute Gasteiger partial charge is 0.123 e. The molecular formula is C15H21FN2. The molecule has 0 aromatic heterocycles. The first-order valence-electron chi connectivity index (χ1n) is 6.84. The molecule has 3 rings (SSSR count). The largest absolute Gasteiger partial charge is 0.316 e. The molecular weight excluding hydrogens is 227 g/mol. The highest BCUT2D eigenvalue weighted by Gasteiger charge is 2.45. The van der Waals surface area contributed by atoms with Crippen LogP contribution in [0.25, 0.3) is 0 Å².